The van der Waals surface area contributed by atoms with Gasteiger partial charge in [-0.15, -0.1) is 0 Å². The van der Waals surface area contributed by atoms with Gasteiger partial charge in [0.05, 0.1) is 23.6 Å². The number of hydrogen-bond acceptors (Lipinski definition) is 7. The number of carbonyl (C=O) groups excluding carboxylic acids is 1. The molecule has 0 radical (unpaired) electrons. The highest BCUT2D eigenvalue weighted by atomic mass is 16.5. The summed E-state index contributed by atoms with van der Waals surface area (Å²) in [6.45, 7) is 9.18. The molecular formula is C21H26N6O3. The Balaban J connectivity index is 1.54. The van der Waals surface area contributed by atoms with Crippen LogP contribution < -0.4 is 5.32 Å². The molecule has 0 aromatic carbocycles. The summed E-state index contributed by atoms with van der Waals surface area (Å²) in [4.78, 5) is 21.5. The van der Waals surface area contributed by atoms with Crippen molar-refractivity contribution in [2.75, 3.05) is 13.2 Å². The van der Waals surface area contributed by atoms with Crippen molar-refractivity contribution in [1.82, 2.24) is 30.2 Å². The summed E-state index contributed by atoms with van der Waals surface area (Å²) >= 11 is 0. The molecule has 4 heterocycles. The van der Waals surface area contributed by atoms with Crippen molar-refractivity contribution < 1.29 is 14.1 Å². The number of carbonyl (C=O) groups is 1. The topological polar surface area (TPSA) is 108 Å². The second kappa shape index (κ2) is 7.98. The minimum Gasteiger partial charge on any atom is -0.376 e. The van der Waals surface area contributed by atoms with Crippen LogP contribution in [-0.2, 0) is 10.2 Å². The SMILES string of the molecule is Cc1c(C(=O)NCC2CCCO2)cnn1-c1cc(-c2nc(C(C)(C)C)no2)ccn1. The molecule has 1 unspecified atom stereocenters. The molecule has 1 aliphatic rings. The van der Waals surface area contributed by atoms with Crippen LogP contribution in [0.1, 0.15) is 55.5 Å². The third kappa shape index (κ3) is 4.11. The lowest BCUT2D eigenvalue weighted by molar-refractivity contribution is 0.0857. The molecule has 1 fully saturated rings. The van der Waals surface area contributed by atoms with Gasteiger partial charge >= 0.3 is 0 Å². The molecule has 1 aliphatic heterocycles. The van der Waals surface area contributed by atoms with Crippen molar-refractivity contribution in [1.29, 1.82) is 0 Å². The monoisotopic (exact) mass is 410 g/mol. The lowest BCUT2D eigenvalue weighted by atomic mass is 9.96. The normalized spacial score (nSPS) is 16.7. The fourth-order valence-electron chi connectivity index (χ4n) is 3.28. The minimum absolute atomic E-state index is 0.0926. The van der Waals surface area contributed by atoms with E-state index in [-0.39, 0.29) is 17.4 Å². The van der Waals surface area contributed by atoms with Gasteiger partial charge in [0.2, 0.25) is 0 Å². The number of rotatable bonds is 5. The van der Waals surface area contributed by atoms with Crippen LogP contribution in [0, 0.1) is 6.92 Å². The zero-order chi connectivity index (χ0) is 21.3. The Labute approximate surface area is 174 Å². The lowest BCUT2D eigenvalue weighted by Gasteiger charge is -2.11. The second-order valence-electron chi connectivity index (χ2n) is 8.48. The van der Waals surface area contributed by atoms with E-state index >= 15 is 0 Å². The van der Waals surface area contributed by atoms with Crippen molar-refractivity contribution in [2.45, 2.75) is 52.1 Å². The Morgan fingerprint density at radius 3 is 2.90 bits per heavy atom. The third-order valence-electron chi connectivity index (χ3n) is 5.08. The Bertz CT molecular complexity index is 1040. The van der Waals surface area contributed by atoms with Gasteiger partial charge in [-0.3, -0.25) is 4.79 Å². The summed E-state index contributed by atoms with van der Waals surface area (Å²) in [5, 5.41) is 11.4. The number of amides is 1. The van der Waals surface area contributed by atoms with E-state index in [0.29, 0.717) is 35.3 Å². The van der Waals surface area contributed by atoms with Gasteiger partial charge in [0.25, 0.3) is 11.8 Å². The smallest absolute Gasteiger partial charge is 0.258 e. The Morgan fingerprint density at radius 2 is 2.20 bits per heavy atom. The van der Waals surface area contributed by atoms with Crippen LogP contribution in [0.25, 0.3) is 17.3 Å². The fourth-order valence-corrected chi connectivity index (χ4v) is 3.28. The summed E-state index contributed by atoms with van der Waals surface area (Å²) in [5.41, 5.74) is 1.74. The van der Waals surface area contributed by atoms with E-state index in [9.17, 15) is 4.79 Å². The molecule has 0 spiro atoms. The van der Waals surface area contributed by atoms with Crippen molar-refractivity contribution in [3.63, 3.8) is 0 Å². The maximum atomic E-state index is 12.6. The van der Waals surface area contributed by atoms with Crippen LogP contribution in [0.2, 0.25) is 0 Å². The summed E-state index contributed by atoms with van der Waals surface area (Å²) in [6, 6.07) is 3.62. The number of hydrogen-bond donors (Lipinski definition) is 1. The van der Waals surface area contributed by atoms with Crippen molar-refractivity contribution in [2.24, 2.45) is 0 Å². The molecule has 158 valence electrons. The molecule has 1 atom stereocenters. The van der Waals surface area contributed by atoms with Gasteiger partial charge in [-0.1, -0.05) is 25.9 Å². The fraction of sp³-hybridized carbons (Fsp3) is 0.476. The van der Waals surface area contributed by atoms with Crippen LogP contribution >= 0.6 is 0 Å². The summed E-state index contributed by atoms with van der Waals surface area (Å²) in [5.74, 6) is 1.45. The average molecular weight is 410 g/mol. The number of nitrogens with one attached hydrogen (secondary N) is 1. The largest absolute Gasteiger partial charge is 0.376 e. The zero-order valence-electron chi connectivity index (χ0n) is 17.7. The lowest BCUT2D eigenvalue weighted by Crippen LogP contribution is -2.32. The van der Waals surface area contributed by atoms with E-state index in [1.807, 2.05) is 33.8 Å². The third-order valence-corrected chi connectivity index (χ3v) is 5.08. The first-order chi connectivity index (χ1) is 14.3. The van der Waals surface area contributed by atoms with E-state index in [0.717, 1.165) is 25.0 Å². The number of aromatic nitrogens is 5. The summed E-state index contributed by atoms with van der Waals surface area (Å²) in [6.07, 6.45) is 5.32. The standard InChI is InChI=1S/C21H26N6O3/c1-13-16(18(28)23-11-15-6-5-9-29-15)12-24-27(13)17-10-14(7-8-22-17)19-25-20(26-30-19)21(2,3)4/h7-8,10,12,15H,5-6,9,11H2,1-4H3,(H,23,28). The van der Waals surface area contributed by atoms with Gasteiger partial charge in [-0.2, -0.15) is 10.1 Å². The zero-order valence-corrected chi connectivity index (χ0v) is 17.7. The molecule has 0 saturated carbocycles. The summed E-state index contributed by atoms with van der Waals surface area (Å²) < 4.78 is 12.6. The predicted molar refractivity (Wildman–Crippen MR) is 109 cm³/mol. The molecule has 0 bridgehead atoms. The molecule has 3 aromatic rings. The second-order valence-corrected chi connectivity index (χ2v) is 8.48. The molecule has 9 nitrogen and oxygen atoms in total. The van der Waals surface area contributed by atoms with E-state index in [4.69, 9.17) is 9.26 Å². The molecular weight excluding hydrogens is 384 g/mol. The minimum atomic E-state index is -0.206. The van der Waals surface area contributed by atoms with Crippen molar-refractivity contribution in [3.8, 4) is 17.3 Å². The summed E-state index contributed by atoms with van der Waals surface area (Å²) in [7, 11) is 0. The average Bonchev–Trinajstić information content (AvgIpc) is 3.46. The Kier molecular flexibility index (Phi) is 5.38. The molecule has 30 heavy (non-hydrogen) atoms. The molecule has 1 saturated heterocycles. The molecule has 0 aliphatic carbocycles. The van der Waals surface area contributed by atoms with Crippen LogP contribution in [0.4, 0.5) is 0 Å². The van der Waals surface area contributed by atoms with E-state index in [2.05, 4.69) is 25.5 Å². The molecule has 4 rings (SSSR count). The molecule has 1 N–H and O–H groups in total. The van der Waals surface area contributed by atoms with Gasteiger partial charge in [0, 0.05) is 30.3 Å². The van der Waals surface area contributed by atoms with Gasteiger partial charge in [0.15, 0.2) is 11.6 Å². The highest BCUT2D eigenvalue weighted by molar-refractivity contribution is 5.95. The first-order valence-electron chi connectivity index (χ1n) is 10.1. The number of pyridine rings is 1. The number of nitrogens with zero attached hydrogens (tertiary/aromatic N) is 5. The molecule has 1 amide bonds. The van der Waals surface area contributed by atoms with Crippen LogP contribution in [0.5, 0.6) is 0 Å². The Morgan fingerprint density at radius 1 is 1.37 bits per heavy atom. The van der Waals surface area contributed by atoms with Crippen molar-refractivity contribution >= 4 is 5.91 Å². The van der Waals surface area contributed by atoms with E-state index < -0.39 is 0 Å². The maximum Gasteiger partial charge on any atom is 0.258 e. The van der Waals surface area contributed by atoms with Gasteiger partial charge in [0.1, 0.15) is 0 Å². The molecule has 3 aromatic heterocycles. The predicted octanol–water partition coefficient (Wildman–Crippen LogP) is 2.83. The van der Waals surface area contributed by atoms with Crippen LogP contribution in [0.15, 0.2) is 29.0 Å². The highest BCUT2D eigenvalue weighted by Gasteiger charge is 2.23. The quantitative estimate of drug-likeness (QED) is 0.689. The number of ether oxygens (including phenoxy) is 1. The Hall–Kier alpha value is -3.07. The maximum absolute atomic E-state index is 12.6. The highest BCUT2D eigenvalue weighted by Crippen LogP contribution is 2.24. The van der Waals surface area contributed by atoms with Gasteiger partial charge in [-0.25, -0.2) is 9.67 Å². The van der Waals surface area contributed by atoms with Crippen molar-refractivity contribution in [3.05, 3.63) is 41.6 Å². The van der Waals surface area contributed by atoms with Crippen LogP contribution in [0.3, 0.4) is 0 Å². The first-order valence-corrected chi connectivity index (χ1v) is 10.1. The van der Waals surface area contributed by atoms with E-state index in [1.165, 1.54) is 0 Å². The van der Waals surface area contributed by atoms with Gasteiger partial charge in [-0.05, 0) is 31.9 Å². The van der Waals surface area contributed by atoms with Crippen LogP contribution in [-0.4, -0.2) is 50.1 Å². The first kappa shape index (κ1) is 20.2. The van der Waals surface area contributed by atoms with E-state index in [1.54, 1.807) is 23.1 Å². The molecule has 9 heteroatoms. The van der Waals surface area contributed by atoms with Gasteiger partial charge < -0.3 is 14.6 Å².